The maximum atomic E-state index is 12.8. The van der Waals surface area contributed by atoms with E-state index in [0.29, 0.717) is 5.06 Å². The van der Waals surface area contributed by atoms with Crippen LogP contribution in [-0.2, 0) is 4.84 Å². The van der Waals surface area contributed by atoms with Crippen LogP contribution in [-0.4, -0.2) is 32.6 Å². The Labute approximate surface area is 160 Å². The van der Waals surface area contributed by atoms with Crippen molar-refractivity contribution < 1.29 is 19.2 Å². The predicted octanol–water partition coefficient (Wildman–Crippen LogP) is 3.12. The molecular formula is C21H15N3O4. The summed E-state index contributed by atoms with van der Waals surface area (Å²) in [4.78, 5) is 42.9. The third kappa shape index (κ3) is 2.51. The van der Waals surface area contributed by atoms with E-state index in [4.69, 9.17) is 4.84 Å². The van der Waals surface area contributed by atoms with Crippen molar-refractivity contribution >= 4 is 17.8 Å². The van der Waals surface area contributed by atoms with E-state index >= 15 is 0 Å². The summed E-state index contributed by atoms with van der Waals surface area (Å²) in [5, 5.41) is 4.88. The quantitative estimate of drug-likeness (QED) is 0.657. The molecule has 0 N–H and O–H groups in total. The molecule has 2 aliphatic rings. The molecule has 3 aromatic rings. The van der Waals surface area contributed by atoms with Crippen molar-refractivity contribution in [3.8, 4) is 5.69 Å². The van der Waals surface area contributed by atoms with Gasteiger partial charge in [-0.2, -0.15) is 5.10 Å². The SMILES string of the molecule is O=C(ON1C(=O)c2ccccc2C1=O)c1cnn(-c2ccccc2)c1C1CC1. The molecule has 1 aromatic heterocycles. The van der Waals surface area contributed by atoms with Crippen molar-refractivity contribution in [1.82, 2.24) is 14.8 Å². The maximum absolute atomic E-state index is 12.8. The highest BCUT2D eigenvalue weighted by atomic mass is 16.7. The summed E-state index contributed by atoms with van der Waals surface area (Å²) in [5.74, 6) is -1.85. The molecule has 7 heteroatoms. The minimum atomic E-state index is -0.765. The number of hydroxylamine groups is 2. The number of amides is 2. The van der Waals surface area contributed by atoms with Gasteiger partial charge in [0.05, 0.1) is 28.7 Å². The number of benzene rings is 2. The van der Waals surface area contributed by atoms with Crippen molar-refractivity contribution in [1.29, 1.82) is 0 Å². The van der Waals surface area contributed by atoms with Crippen molar-refractivity contribution in [3.05, 3.63) is 83.2 Å². The molecule has 0 bridgehead atoms. The van der Waals surface area contributed by atoms with Gasteiger partial charge in [0.15, 0.2) is 0 Å². The van der Waals surface area contributed by atoms with E-state index in [1.165, 1.54) is 18.3 Å². The highest BCUT2D eigenvalue weighted by molar-refractivity contribution is 6.21. The van der Waals surface area contributed by atoms with Gasteiger partial charge in [-0.15, -0.1) is 0 Å². The molecule has 28 heavy (non-hydrogen) atoms. The summed E-state index contributed by atoms with van der Waals surface area (Å²) in [7, 11) is 0. The lowest BCUT2D eigenvalue weighted by Crippen LogP contribution is -2.32. The van der Waals surface area contributed by atoms with Crippen molar-refractivity contribution in [2.24, 2.45) is 0 Å². The zero-order chi connectivity index (χ0) is 19.3. The van der Waals surface area contributed by atoms with Crippen LogP contribution in [0.15, 0.2) is 60.8 Å². The molecule has 7 nitrogen and oxygen atoms in total. The van der Waals surface area contributed by atoms with Crippen LogP contribution >= 0.6 is 0 Å². The Balaban J connectivity index is 1.47. The average Bonchev–Trinajstić information content (AvgIpc) is 3.43. The van der Waals surface area contributed by atoms with Crippen molar-refractivity contribution in [2.75, 3.05) is 0 Å². The van der Waals surface area contributed by atoms with Gasteiger partial charge >= 0.3 is 5.97 Å². The number of para-hydroxylation sites is 1. The predicted molar refractivity (Wildman–Crippen MR) is 97.9 cm³/mol. The Morgan fingerprint density at radius 1 is 0.929 bits per heavy atom. The van der Waals surface area contributed by atoms with Crippen LogP contribution in [0.25, 0.3) is 5.69 Å². The van der Waals surface area contributed by atoms with Gasteiger partial charge in [-0.3, -0.25) is 9.59 Å². The molecule has 0 unspecified atom stereocenters. The second kappa shape index (κ2) is 6.16. The van der Waals surface area contributed by atoms with Gasteiger partial charge in [0.2, 0.25) is 0 Å². The van der Waals surface area contributed by atoms with Gasteiger partial charge in [0, 0.05) is 5.92 Å². The lowest BCUT2D eigenvalue weighted by molar-refractivity contribution is -0.0585. The van der Waals surface area contributed by atoms with E-state index < -0.39 is 17.8 Å². The molecule has 138 valence electrons. The Hall–Kier alpha value is -3.74. The molecule has 1 aliphatic heterocycles. The highest BCUT2D eigenvalue weighted by Gasteiger charge is 2.40. The normalized spacial score (nSPS) is 15.6. The lowest BCUT2D eigenvalue weighted by Gasteiger charge is -2.13. The van der Waals surface area contributed by atoms with Gasteiger partial charge in [-0.25, -0.2) is 9.48 Å². The number of hydrogen-bond acceptors (Lipinski definition) is 5. The number of carbonyl (C=O) groups is 3. The van der Waals surface area contributed by atoms with Gasteiger partial charge in [-0.05, 0) is 37.1 Å². The van der Waals surface area contributed by atoms with Crippen molar-refractivity contribution in [3.63, 3.8) is 0 Å². The fourth-order valence-corrected chi connectivity index (χ4v) is 3.42. The van der Waals surface area contributed by atoms with Gasteiger partial charge in [0.1, 0.15) is 5.56 Å². The van der Waals surface area contributed by atoms with Crippen LogP contribution in [0.1, 0.15) is 55.5 Å². The summed E-state index contributed by atoms with van der Waals surface area (Å²) in [6.07, 6.45) is 3.33. The molecule has 1 saturated carbocycles. The summed E-state index contributed by atoms with van der Waals surface area (Å²) in [5.41, 5.74) is 2.30. The van der Waals surface area contributed by atoms with E-state index in [2.05, 4.69) is 5.10 Å². The molecule has 0 radical (unpaired) electrons. The fraction of sp³-hybridized carbons (Fsp3) is 0.143. The second-order valence-electron chi connectivity index (χ2n) is 6.79. The first-order valence-corrected chi connectivity index (χ1v) is 8.98. The zero-order valence-electron chi connectivity index (χ0n) is 14.7. The second-order valence-corrected chi connectivity index (χ2v) is 6.79. The molecule has 1 aliphatic carbocycles. The first-order chi connectivity index (χ1) is 13.6. The monoisotopic (exact) mass is 373 g/mol. The summed E-state index contributed by atoms with van der Waals surface area (Å²) in [6.45, 7) is 0. The lowest BCUT2D eigenvalue weighted by atomic mass is 10.1. The molecule has 0 spiro atoms. The smallest absolute Gasteiger partial charge is 0.324 e. The minimum absolute atomic E-state index is 0.201. The highest BCUT2D eigenvalue weighted by Crippen LogP contribution is 2.42. The number of rotatable bonds is 4. The largest absolute Gasteiger partial charge is 0.367 e. The Morgan fingerprint density at radius 2 is 1.54 bits per heavy atom. The fourth-order valence-electron chi connectivity index (χ4n) is 3.42. The number of imide groups is 1. The van der Waals surface area contributed by atoms with E-state index in [-0.39, 0.29) is 22.6 Å². The van der Waals surface area contributed by atoms with E-state index in [1.54, 1.807) is 16.8 Å². The zero-order valence-corrected chi connectivity index (χ0v) is 14.7. The number of fused-ring (bicyclic) bond motifs is 1. The average molecular weight is 373 g/mol. The first kappa shape index (κ1) is 16.4. The van der Waals surface area contributed by atoms with Crippen LogP contribution in [0.4, 0.5) is 0 Å². The molecule has 2 aromatic carbocycles. The summed E-state index contributed by atoms with van der Waals surface area (Å²) in [6, 6.07) is 15.9. The standard InChI is InChI=1S/C21H15N3O4/c25-19-15-8-4-5-9-16(15)20(26)24(19)28-21(27)17-12-22-23(18(17)13-10-11-13)14-6-2-1-3-7-14/h1-9,12-13H,10-11H2. The van der Waals surface area contributed by atoms with Crippen LogP contribution in [0.3, 0.4) is 0 Å². The first-order valence-electron chi connectivity index (χ1n) is 8.98. The van der Waals surface area contributed by atoms with E-state index in [0.717, 1.165) is 24.2 Å². The van der Waals surface area contributed by atoms with Gasteiger partial charge < -0.3 is 4.84 Å². The molecule has 0 atom stereocenters. The van der Waals surface area contributed by atoms with Gasteiger partial charge in [0.25, 0.3) is 11.8 Å². The molecule has 1 fully saturated rings. The molecule has 2 amide bonds. The Bertz CT molecular complexity index is 1080. The summed E-state index contributed by atoms with van der Waals surface area (Å²) >= 11 is 0. The van der Waals surface area contributed by atoms with E-state index in [1.807, 2.05) is 30.3 Å². The van der Waals surface area contributed by atoms with Crippen LogP contribution in [0.5, 0.6) is 0 Å². The Morgan fingerprint density at radius 3 is 2.14 bits per heavy atom. The maximum Gasteiger partial charge on any atom is 0.367 e. The van der Waals surface area contributed by atoms with Crippen molar-refractivity contribution in [2.45, 2.75) is 18.8 Å². The van der Waals surface area contributed by atoms with E-state index in [9.17, 15) is 14.4 Å². The molecular weight excluding hydrogens is 358 g/mol. The third-order valence-corrected chi connectivity index (χ3v) is 4.92. The Kier molecular flexibility index (Phi) is 3.61. The number of carbonyl (C=O) groups excluding carboxylic acids is 3. The number of hydrogen-bond donors (Lipinski definition) is 0. The molecule has 5 rings (SSSR count). The minimum Gasteiger partial charge on any atom is -0.324 e. The number of aromatic nitrogens is 2. The molecule has 2 heterocycles. The van der Waals surface area contributed by atoms with Crippen LogP contribution < -0.4 is 0 Å². The topological polar surface area (TPSA) is 81.5 Å². The van der Waals surface area contributed by atoms with Crippen LogP contribution in [0.2, 0.25) is 0 Å². The molecule has 0 saturated heterocycles. The third-order valence-electron chi connectivity index (χ3n) is 4.92. The number of nitrogens with zero attached hydrogens (tertiary/aromatic N) is 3. The van der Waals surface area contributed by atoms with Gasteiger partial charge in [-0.1, -0.05) is 35.4 Å². The summed E-state index contributed by atoms with van der Waals surface area (Å²) < 4.78 is 1.72. The van der Waals surface area contributed by atoms with Crippen LogP contribution in [0, 0.1) is 0 Å².